The van der Waals surface area contributed by atoms with Crippen molar-refractivity contribution in [2.75, 3.05) is 6.61 Å². The maximum atomic E-state index is 11.9. The van der Waals surface area contributed by atoms with Gasteiger partial charge in [0.15, 0.2) is 0 Å². The number of carbonyl (C=O) groups is 2. The van der Waals surface area contributed by atoms with Crippen LogP contribution < -0.4 is 15.6 Å². The Morgan fingerprint density at radius 2 is 1.74 bits per heavy atom. The molecule has 0 aromatic heterocycles. The molecule has 0 fully saturated rings. The third kappa shape index (κ3) is 6.13. The Hall–Kier alpha value is -3.94. The van der Waals surface area contributed by atoms with Crippen molar-refractivity contribution in [3.8, 4) is 5.75 Å². The maximum absolute atomic E-state index is 11.9. The fourth-order valence-electron chi connectivity index (χ4n) is 1.97. The zero-order chi connectivity index (χ0) is 19.6. The van der Waals surface area contributed by atoms with Crippen molar-refractivity contribution >= 4 is 23.6 Å². The van der Waals surface area contributed by atoms with Gasteiger partial charge >= 0.3 is 0 Å². The number of hydrogen-bond donors (Lipinski definition) is 2. The number of nitro benzene ring substituents is 1. The van der Waals surface area contributed by atoms with E-state index >= 15 is 0 Å². The molecule has 0 aliphatic heterocycles. The van der Waals surface area contributed by atoms with Crippen LogP contribution in [-0.2, 0) is 4.79 Å². The van der Waals surface area contributed by atoms with Gasteiger partial charge in [-0.2, -0.15) is 0 Å². The molecule has 0 aliphatic carbocycles. The summed E-state index contributed by atoms with van der Waals surface area (Å²) < 4.78 is 5.36. The molecule has 0 spiro atoms. The Morgan fingerprint density at radius 3 is 2.33 bits per heavy atom. The molecule has 0 atom stereocenters. The number of rotatable bonds is 7. The summed E-state index contributed by atoms with van der Waals surface area (Å²) in [6.45, 7) is 3.97. The normalized spacial score (nSPS) is 10.2. The number of nitro groups is 1. The molecule has 2 aromatic carbocycles. The first kappa shape index (κ1) is 19.4. The van der Waals surface area contributed by atoms with E-state index in [-0.39, 0.29) is 11.3 Å². The van der Waals surface area contributed by atoms with Crippen molar-refractivity contribution in [2.24, 2.45) is 0 Å². The van der Waals surface area contributed by atoms with Gasteiger partial charge in [0.25, 0.3) is 17.5 Å². The molecule has 2 rings (SSSR count). The van der Waals surface area contributed by atoms with E-state index in [9.17, 15) is 19.7 Å². The Morgan fingerprint density at radius 1 is 1.07 bits per heavy atom. The fraction of sp³-hybridized carbons (Fsp3) is 0.0526. The van der Waals surface area contributed by atoms with E-state index in [1.54, 1.807) is 36.4 Å². The summed E-state index contributed by atoms with van der Waals surface area (Å²) in [5, 5.41) is 10.6. The smallest absolute Gasteiger partial charge is 0.269 e. The molecule has 0 heterocycles. The molecule has 2 aromatic rings. The van der Waals surface area contributed by atoms with Gasteiger partial charge in [-0.3, -0.25) is 30.6 Å². The molecular weight excluding hydrogens is 350 g/mol. The van der Waals surface area contributed by atoms with E-state index < -0.39 is 16.7 Å². The third-order valence-electron chi connectivity index (χ3n) is 3.31. The second kappa shape index (κ2) is 9.52. The van der Waals surface area contributed by atoms with Crippen molar-refractivity contribution in [3.63, 3.8) is 0 Å². The first-order valence-corrected chi connectivity index (χ1v) is 7.86. The zero-order valence-corrected chi connectivity index (χ0v) is 14.3. The van der Waals surface area contributed by atoms with Crippen LogP contribution in [-0.4, -0.2) is 23.3 Å². The molecule has 2 amide bonds. The van der Waals surface area contributed by atoms with E-state index in [4.69, 9.17) is 4.74 Å². The summed E-state index contributed by atoms with van der Waals surface area (Å²) in [6, 6.07) is 12.1. The Bertz CT molecular complexity index is 858. The molecule has 2 N–H and O–H groups in total. The monoisotopic (exact) mass is 367 g/mol. The number of carbonyl (C=O) groups excluding carboxylic acids is 2. The third-order valence-corrected chi connectivity index (χ3v) is 3.31. The highest BCUT2D eigenvalue weighted by Crippen LogP contribution is 2.13. The minimum absolute atomic E-state index is 0.126. The zero-order valence-electron chi connectivity index (χ0n) is 14.3. The van der Waals surface area contributed by atoms with Crippen LogP contribution in [0.2, 0.25) is 0 Å². The minimum Gasteiger partial charge on any atom is -0.490 e. The van der Waals surface area contributed by atoms with E-state index in [0.29, 0.717) is 12.4 Å². The van der Waals surface area contributed by atoms with Crippen LogP contribution in [0.3, 0.4) is 0 Å². The first-order valence-electron chi connectivity index (χ1n) is 7.86. The van der Waals surface area contributed by atoms with Crippen LogP contribution in [0.25, 0.3) is 6.08 Å². The molecule has 138 valence electrons. The second-order valence-corrected chi connectivity index (χ2v) is 5.25. The van der Waals surface area contributed by atoms with Gasteiger partial charge in [0, 0.05) is 23.8 Å². The molecule has 0 saturated carbocycles. The van der Waals surface area contributed by atoms with Crippen molar-refractivity contribution in [1.29, 1.82) is 0 Å². The molecule has 0 saturated heterocycles. The molecule has 0 radical (unpaired) electrons. The van der Waals surface area contributed by atoms with Gasteiger partial charge in [-0.1, -0.05) is 24.8 Å². The lowest BCUT2D eigenvalue weighted by Gasteiger charge is -2.05. The van der Waals surface area contributed by atoms with Gasteiger partial charge in [-0.15, -0.1) is 0 Å². The number of nitrogens with zero attached hydrogens (tertiary/aromatic N) is 1. The number of ether oxygens (including phenoxy) is 1. The van der Waals surface area contributed by atoms with Crippen molar-refractivity contribution in [3.05, 3.63) is 88.5 Å². The summed E-state index contributed by atoms with van der Waals surface area (Å²) in [5.41, 5.74) is 5.29. The topological polar surface area (TPSA) is 111 Å². The van der Waals surface area contributed by atoms with Crippen LogP contribution >= 0.6 is 0 Å². The summed E-state index contributed by atoms with van der Waals surface area (Å²) in [6.07, 6.45) is 4.48. The number of benzene rings is 2. The summed E-state index contributed by atoms with van der Waals surface area (Å²) >= 11 is 0. The second-order valence-electron chi connectivity index (χ2n) is 5.25. The first-order chi connectivity index (χ1) is 13.0. The molecule has 8 heteroatoms. The van der Waals surface area contributed by atoms with E-state index in [1.807, 2.05) is 0 Å². The maximum Gasteiger partial charge on any atom is 0.269 e. The Labute approximate surface area is 155 Å². The SMILES string of the molecule is C=CCOc1ccc(/C=C/C(=O)NNC(=O)c2ccc([N+](=O)[O-])cc2)cc1. The predicted octanol–water partition coefficient (Wildman–Crippen LogP) is 2.63. The van der Waals surface area contributed by atoms with Gasteiger partial charge in [0.2, 0.25) is 0 Å². The summed E-state index contributed by atoms with van der Waals surface area (Å²) in [5.74, 6) is -0.431. The van der Waals surface area contributed by atoms with Crippen LogP contribution in [0.15, 0.2) is 67.3 Å². The van der Waals surface area contributed by atoms with E-state index in [2.05, 4.69) is 17.4 Å². The quantitative estimate of drug-likeness (QED) is 0.338. The highest BCUT2D eigenvalue weighted by Gasteiger charge is 2.09. The molecule has 0 bridgehead atoms. The molecule has 0 aliphatic rings. The predicted molar refractivity (Wildman–Crippen MR) is 99.9 cm³/mol. The Balaban J connectivity index is 1.84. The molecule has 8 nitrogen and oxygen atoms in total. The number of hydrogen-bond acceptors (Lipinski definition) is 5. The van der Waals surface area contributed by atoms with Gasteiger partial charge in [0.05, 0.1) is 4.92 Å². The highest BCUT2D eigenvalue weighted by atomic mass is 16.6. The molecular formula is C19H17N3O5. The summed E-state index contributed by atoms with van der Waals surface area (Å²) in [7, 11) is 0. The van der Waals surface area contributed by atoms with Gasteiger partial charge in [-0.05, 0) is 35.9 Å². The molecule has 27 heavy (non-hydrogen) atoms. The van der Waals surface area contributed by atoms with Crippen LogP contribution in [0, 0.1) is 10.1 Å². The summed E-state index contributed by atoms with van der Waals surface area (Å²) in [4.78, 5) is 33.7. The van der Waals surface area contributed by atoms with Crippen LogP contribution in [0.5, 0.6) is 5.75 Å². The van der Waals surface area contributed by atoms with Gasteiger partial charge in [0.1, 0.15) is 12.4 Å². The van der Waals surface area contributed by atoms with E-state index in [0.717, 1.165) is 5.56 Å². The minimum atomic E-state index is -0.588. The van der Waals surface area contributed by atoms with Gasteiger partial charge < -0.3 is 4.74 Å². The molecule has 0 unspecified atom stereocenters. The van der Waals surface area contributed by atoms with E-state index in [1.165, 1.54) is 30.3 Å². The number of hydrazine groups is 1. The lowest BCUT2D eigenvalue weighted by molar-refractivity contribution is -0.384. The number of non-ortho nitro benzene ring substituents is 1. The average Bonchev–Trinajstić information content (AvgIpc) is 2.69. The number of amides is 2. The number of nitrogens with one attached hydrogen (secondary N) is 2. The highest BCUT2D eigenvalue weighted by molar-refractivity contribution is 5.98. The van der Waals surface area contributed by atoms with Crippen molar-refractivity contribution < 1.29 is 19.2 Å². The lowest BCUT2D eigenvalue weighted by atomic mass is 10.2. The average molecular weight is 367 g/mol. The Kier molecular flexibility index (Phi) is 6.83. The van der Waals surface area contributed by atoms with Crippen molar-refractivity contribution in [2.45, 2.75) is 0 Å². The van der Waals surface area contributed by atoms with Crippen molar-refractivity contribution in [1.82, 2.24) is 10.9 Å². The largest absolute Gasteiger partial charge is 0.490 e. The lowest BCUT2D eigenvalue weighted by Crippen LogP contribution is -2.40. The standard InChI is InChI=1S/C19H17N3O5/c1-2-13-27-17-10-3-14(4-11-17)5-12-18(23)20-21-19(24)15-6-8-16(9-7-15)22(25)26/h2-12H,1,13H2,(H,20,23)(H,21,24)/b12-5+. The van der Waals surface area contributed by atoms with Gasteiger partial charge in [-0.25, -0.2) is 0 Å². The van der Waals surface area contributed by atoms with Crippen LogP contribution in [0.4, 0.5) is 5.69 Å². The van der Waals surface area contributed by atoms with Crippen LogP contribution in [0.1, 0.15) is 15.9 Å². The fourth-order valence-corrected chi connectivity index (χ4v) is 1.97.